The Morgan fingerprint density at radius 2 is 1.86 bits per heavy atom. The van der Waals surface area contributed by atoms with Crippen molar-refractivity contribution in [3.8, 4) is 0 Å². The Hall–Kier alpha value is -0.450. The molecule has 1 atom stereocenters. The van der Waals surface area contributed by atoms with Crippen molar-refractivity contribution in [2.75, 3.05) is 26.3 Å². The standard InChI is InChI=1S/C10H20N2O2/c1-10(2,3)8(13)9(11)12-4-6-14-7-5-12/h9H,4-7,11H2,1-3H3. The molecular weight excluding hydrogens is 180 g/mol. The van der Waals surface area contributed by atoms with Crippen LogP contribution < -0.4 is 5.73 Å². The Balaban J connectivity index is 2.55. The molecule has 1 heterocycles. The Morgan fingerprint density at radius 1 is 1.36 bits per heavy atom. The third kappa shape index (κ3) is 2.77. The first-order chi connectivity index (χ1) is 6.43. The number of rotatable bonds is 2. The van der Waals surface area contributed by atoms with E-state index in [2.05, 4.69) is 0 Å². The molecule has 0 radical (unpaired) electrons. The highest BCUT2D eigenvalue weighted by molar-refractivity contribution is 5.88. The van der Waals surface area contributed by atoms with Gasteiger partial charge < -0.3 is 10.5 Å². The zero-order valence-electron chi connectivity index (χ0n) is 9.25. The van der Waals surface area contributed by atoms with E-state index in [1.165, 1.54) is 0 Å². The van der Waals surface area contributed by atoms with Crippen LogP contribution in [-0.4, -0.2) is 43.2 Å². The van der Waals surface area contributed by atoms with Gasteiger partial charge in [-0.1, -0.05) is 20.8 Å². The molecule has 1 unspecified atom stereocenters. The minimum absolute atomic E-state index is 0.0967. The number of nitrogens with zero attached hydrogens (tertiary/aromatic N) is 1. The van der Waals surface area contributed by atoms with Crippen molar-refractivity contribution >= 4 is 5.78 Å². The highest BCUT2D eigenvalue weighted by Crippen LogP contribution is 2.18. The van der Waals surface area contributed by atoms with Gasteiger partial charge in [0.25, 0.3) is 0 Å². The molecule has 1 fully saturated rings. The smallest absolute Gasteiger partial charge is 0.169 e. The van der Waals surface area contributed by atoms with E-state index in [-0.39, 0.29) is 11.2 Å². The average molecular weight is 200 g/mol. The maximum absolute atomic E-state index is 11.9. The average Bonchev–Trinajstić information content (AvgIpc) is 2.15. The topological polar surface area (TPSA) is 55.6 Å². The lowest BCUT2D eigenvalue weighted by Crippen LogP contribution is -2.55. The van der Waals surface area contributed by atoms with Gasteiger partial charge >= 0.3 is 0 Å². The number of carbonyl (C=O) groups excluding carboxylic acids is 1. The van der Waals surface area contributed by atoms with Gasteiger partial charge in [0.05, 0.1) is 13.2 Å². The quantitative estimate of drug-likeness (QED) is 0.692. The zero-order chi connectivity index (χ0) is 10.8. The van der Waals surface area contributed by atoms with E-state index in [4.69, 9.17) is 10.5 Å². The summed E-state index contributed by atoms with van der Waals surface area (Å²) in [5.41, 5.74) is 5.54. The van der Waals surface area contributed by atoms with Gasteiger partial charge in [0, 0.05) is 18.5 Å². The molecule has 0 aliphatic carbocycles. The van der Waals surface area contributed by atoms with E-state index in [9.17, 15) is 4.79 Å². The summed E-state index contributed by atoms with van der Waals surface area (Å²) in [5, 5.41) is 0. The Kier molecular flexibility index (Phi) is 3.64. The monoisotopic (exact) mass is 200 g/mol. The second-order valence-corrected chi connectivity index (χ2v) is 4.71. The number of ketones is 1. The summed E-state index contributed by atoms with van der Waals surface area (Å²) in [6, 6.07) is 0. The molecule has 2 N–H and O–H groups in total. The highest BCUT2D eigenvalue weighted by Gasteiger charge is 2.31. The summed E-state index contributed by atoms with van der Waals surface area (Å²) >= 11 is 0. The van der Waals surface area contributed by atoms with Gasteiger partial charge in [0.1, 0.15) is 6.17 Å². The normalized spacial score (nSPS) is 22.0. The van der Waals surface area contributed by atoms with Crippen LogP contribution in [0.5, 0.6) is 0 Å². The molecule has 0 bridgehead atoms. The van der Waals surface area contributed by atoms with Gasteiger partial charge in [-0.15, -0.1) is 0 Å². The fraction of sp³-hybridized carbons (Fsp3) is 0.900. The number of carbonyl (C=O) groups is 1. The van der Waals surface area contributed by atoms with Crippen molar-refractivity contribution in [1.29, 1.82) is 0 Å². The number of nitrogens with two attached hydrogens (primary N) is 1. The van der Waals surface area contributed by atoms with Crippen LogP contribution in [0.4, 0.5) is 0 Å². The molecular formula is C10H20N2O2. The third-order valence-corrected chi connectivity index (χ3v) is 2.45. The van der Waals surface area contributed by atoms with E-state index in [1.807, 2.05) is 25.7 Å². The van der Waals surface area contributed by atoms with Crippen molar-refractivity contribution < 1.29 is 9.53 Å². The minimum atomic E-state index is -0.473. The van der Waals surface area contributed by atoms with Crippen LogP contribution in [0, 0.1) is 5.41 Å². The fourth-order valence-corrected chi connectivity index (χ4v) is 1.47. The molecule has 0 spiro atoms. The summed E-state index contributed by atoms with van der Waals surface area (Å²) < 4.78 is 5.21. The van der Waals surface area contributed by atoms with Crippen LogP contribution in [0.25, 0.3) is 0 Å². The molecule has 1 saturated heterocycles. The number of ether oxygens (including phenoxy) is 1. The highest BCUT2D eigenvalue weighted by atomic mass is 16.5. The molecule has 1 rings (SSSR count). The van der Waals surface area contributed by atoms with E-state index >= 15 is 0 Å². The number of hydrogen-bond donors (Lipinski definition) is 1. The van der Waals surface area contributed by atoms with Crippen LogP contribution in [0.2, 0.25) is 0 Å². The van der Waals surface area contributed by atoms with Crippen LogP contribution >= 0.6 is 0 Å². The molecule has 0 aromatic heterocycles. The molecule has 0 amide bonds. The van der Waals surface area contributed by atoms with Crippen LogP contribution in [0.3, 0.4) is 0 Å². The van der Waals surface area contributed by atoms with E-state index in [0.29, 0.717) is 13.2 Å². The summed E-state index contributed by atoms with van der Waals surface area (Å²) in [6.45, 7) is 8.54. The van der Waals surface area contributed by atoms with Crippen molar-refractivity contribution in [2.45, 2.75) is 26.9 Å². The summed E-state index contributed by atoms with van der Waals surface area (Å²) in [7, 11) is 0. The largest absolute Gasteiger partial charge is 0.379 e. The summed E-state index contributed by atoms with van der Waals surface area (Å²) in [4.78, 5) is 13.8. The Labute approximate surface area is 85.4 Å². The van der Waals surface area contributed by atoms with Crippen LogP contribution in [0.15, 0.2) is 0 Å². The maximum atomic E-state index is 11.9. The molecule has 0 aromatic carbocycles. The number of morpholine rings is 1. The Morgan fingerprint density at radius 3 is 2.29 bits per heavy atom. The zero-order valence-corrected chi connectivity index (χ0v) is 9.25. The first kappa shape index (κ1) is 11.6. The molecule has 0 saturated carbocycles. The van der Waals surface area contributed by atoms with E-state index in [0.717, 1.165) is 13.1 Å². The molecule has 1 aliphatic heterocycles. The van der Waals surface area contributed by atoms with Gasteiger partial charge in [0.2, 0.25) is 0 Å². The second-order valence-electron chi connectivity index (χ2n) is 4.71. The first-order valence-electron chi connectivity index (χ1n) is 5.04. The predicted molar refractivity (Wildman–Crippen MR) is 54.8 cm³/mol. The second kappa shape index (κ2) is 4.38. The van der Waals surface area contributed by atoms with Crippen molar-refractivity contribution in [1.82, 2.24) is 4.90 Å². The molecule has 0 aromatic rings. The summed E-state index contributed by atoms with van der Waals surface area (Å²) in [6.07, 6.45) is -0.473. The Bertz CT molecular complexity index is 205. The molecule has 82 valence electrons. The van der Waals surface area contributed by atoms with E-state index < -0.39 is 6.17 Å². The van der Waals surface area contributed by atoms with Gasteiger partial charge in [-0.3, -0.25) is 9.69 Å². The number of hydrogen-bond acceptors (Lipinski definition) is 4. The van der Waals surface area contributed by atoms with Crippen molar-refractivity contribution in [3.05, 3.63) is 0 Å². The lowest BCUT2D eigenvalue weighted by Gasteiger charge is -2.34. The van der Waals surface area contributed by atoms with Gasteiger partial charge in [-0.2, -0.15) is 0 Å². The third-order valence-electron chi connectivity index (χ3n) is 2.45. The maximum Gasteiger partial charge on any atom is 0.169 e. The molecule has 14 heavy (non-hydrogen) atoms. The van der Waals surface area contributed by atoms with Crippen molar-refractivity contribution in [3.63, 3.8) is 0 Å². The van der Waals surface area contributed by atoms with Crippen molar-refractivity contribution in [2.24, 2.45) is 11.1 Å². The molecule has 4 heteroatoms. The lowest BCUT2D eigenvalue weighted by atomic mass is 9.88. The fourth-order valence-electron chi connectivity index (χ4n) is 1.47. The SMILES string of the molecule is CC(C)(C)C(=O)C(N)N1CCOCC1. The minimum Gasteiger partial charge on any atom is -0.379 e. The van der Waals surface area contributed by atoms with Crippen LogP contribution in [-0.2, 0) is 9.53 Å². The lowest BCUT2D eigenvalue weighted by molar-refractivity contribution is -0.133. The summed E-state index contributed by atoms with van der Waals surface area (Å²) in [5.74, 6) is 0.0967. The van der Waals surface area contributed by atoms with Gasteiger partial charge in [0.15, 0.2) is 5.78 Å². The number of Topliss-reactive ketones (excluding diaryl/α,β-unsaturated/α-hetero) is 1. The molecule has 1 aliphatic rings. The molecule has 4 nitrogen and oxygen atoms in total. The predicted octanol–water partition coefficient (Wildman–Crippen LogP) is 0.219. The first-order valence-corrected chi connectivity index (χ1v) is 5.04. The van der Waals surface area contributed by atoms with Gasteiger partial charge in [-0.05, 0) is 0 Å². The van der Waals surface area contributed by atoms with E-state index in [1.54, 1.807) is 0 Å². The van der Waals surface area contributed by atoms with Gasteiger partial charge in [-0.25, -0.2) is 0 Å². The van der Waals surface area contributed by atoms with Crippen LogP contribution in [0.1, 0.15) is 20.8 Å².